The second-order valence-corrected chi connectivity index (χ2v) is 8.50. The van der Waals surface area contributed by atoms with E-state index in [9.17, 15) is 14.4 Å². The predicted octanol–water partition coefficient (Wildman–Crippen LogP) is 5.49. The maximum Gasteiger partial charge on any atom is 0.413 e. The van der Waals surface area contributed by atoms with E-state index in [1.165, 1.54) is 13.8 Å². The number of hydrogen-bond acceptors (Lipinski definition) is 5. The van der Waals surface area contributed by atoms with Gasteiger partial charge in [0.25, 0.3) is 0 Å². The number of alkyl carbamates (subject to hydrolysis) is 1. The lowest BCUT2D eigenvalue weighted by Crippen LogP contribution is -2.36. The summed E-state index contributed by atoms with van der Waals surface area (Å²) < 4.78 is 5.33. The highest BCUT2D eigenvalue weighted by molar-refractivity contribution is 6.08. The number of carbonyl (C=O) groups is 3. The molecule has 0 atom stereocenters. The molecule has 1 heterocycles. The van der Waals surface area contributed by atoms with E-state index in [-0.39, 0.29) is 18.0 Å². The third kappa shape index (κ3) is 5.75. The molecule has 160 valence electrons. The standard InChI is InChI=1S/C25H26N2O4/c1-15(28)17-6-8-18(9-7-17)19-10-11-20-12-21(16(2)29)14-23(26-22(20)13-19)27-24(30)31-25(3,4)5/h6-13H,14H2,1-5H3,(H,26,27,30). The Kier molecular flexibility index (Phi) is 6.20. The van der Waals surface area contributed by atoms with Gasteiger partial charge in [0.05, 0.1) is 5.69 Å². The summed E-state index contributed by atoms with van der Waals surface area (Å²) in [6.07, 6.45) is 1.38. The van der Waals surface area contributed by atoms with Crippen LogP contribution in [0.1, 0.15) is 57.0 Å². The first kappa shape index (κ1) is 22.2. The van der Waals surface area contributed by atoms with Crippen molar-refractivity contribution in [1.82, 2.24) is 5.32 Å². The maximum atomic E-state index is 12.3. The fourth-order valence-corrected chi connectivity index (χ4v) is 3.16. The number of hydrogen-bond donors (Lipinski definition) is 1. The lowest BCUT2D eigenvalue weighted by molar-refractivity contribution is -0.113. The molecule has 1 N–H and O–H groups in total. The fraction of sp³-hybridized carbons (Fsp3) is 0.280. The quantitative estimate of drug-likeness (QED) is 0.668. The van der Waals surface area contributed by atoms with Gasteiger partial charge in [0.2, 0.25) is 0 Å². The number of nitrogens with zero attached hydrogens (tertiary/aromatic N) is 1. The average molecular weight is 418 g/mol. The normalized spacial score (nSPS) is 13.3. The lowest BCUT2D eigenvalue weighted by atomic mass is 9.99. The van der Waals surface area contributed by atoms with Crippen LogP contribution in [0.25, 0.3) is 17.2 Å². The number of amides is 1. The molecule has 0 radical (unpaired) electrons. The largest absolute Gasteiger partial charge is 0.444 e. The van der Waals surface area contributed by atoms with E-state index in [2.05, 4.69) is 10.3 Å². The van der Waals surface area contributed by atoms with Crippen molar-refractivity contribution in [3.8, 4) is 11.1 Å². The first-order chi connectivity index (χ1) is 14.5. The average Bonchev–Trinajstić information content (AvgIpc) is 2.85. The summed E-state index contributed by atoms with van der Waals surface area (Å²) in [5.74, 6) is 0.270. The van der Waals surface area contributed by atoms with Crippen molar-refractivity contribution in [1.29, 1.82) is 0 Å². The van der Waals surface area contributed by atoms with E-state index in [0.717, 1.165) is 16.7 Å². The Morgan fingerprint density at radius 2 is 1.58 bits per heavy atom. The van der Waals surface area contributed by atoms with E-state index < -0.39 is 11.7 Å². The molecule has 1 aliphatic rings. The fourth-order valence-electron chi connectivity index (χ4n) is 3.16. The van der Waals surface area contributed by atoms with Gasteiger partial charge in [-0.3, -0.25) is 14.9 Å². The first-order valence-electron chi connectivity index (χ1n) is 10.1. The minimum atomic E-state index is -0.647. The second-order valence-electron chi connectivity index (χ2n) is 8.50. The summed E-state index contributed by atoms with van der Waals surface area (Å²) in [4.78, 5) is 40.5. The van der Waals surface area contributed by atoms with Gasteiger partial charge in [-0.05, 0) is 57.9 Å². The van der Waals surface area contributed by atoms with Gasteiger partial charge in [0.1, 0.15) is 11.4 Å². The van der Waals surface area contributed by atoms with Crippen LogP contribution in [0.4, 0.5) is 10.5 Å². The van der Waals surface area contributed by atoms with Crippen LogP contribution in [0, 0.1) is 0 Å². The van der Waals surface area contributed by atoms with Crippen LogP contribution in [0.15, 0.2) is 53.0 Å². The Bertz CT molecular complexity index is 1100. The van der Waals surface area contributed by atoms with Gasteiger partial charge in [-0.1, -0.05) is 36.4 Å². The van der Waals surface area contributed by atoms with Crippen LogP contribution in [0.5, 0.6) is 0 Å². The van der Waals surface area contributed by atoms with Crippen LogP contribution in [-0.4, -0.2) is 29.1 Å². The summed E-state index contributed by atoms with van der Waals surface area (Å²) in [6.45, 7) is 8.36. The first-order valence-corrected chi connectivity index (χ1v) is 10.1. The number of carbonyl (C=O) groups excluding carboxylic acids is 3. The minimum absolute atomic E-state index is 0.0119. The number of nitrogens with one attached hydrogen (secondary N) is 1. The predicted molar refractivity (Wildman–Crippen MR) is 122 cm³/mol. The summed E-state index contributed by atoms with van der Waals surface area (Å²) in [6, 6.07) is 13.1. The van der Waals surface area contributed by atoms with Crippen molar-refractivity contribution in [2.75, 3.05) is 0 Å². The van der Waals surface area contributed by atoms with Crippen molar-refractivity contribution in [3.63, 3.8) is 0 Å². The Labute approximate surface area is 182 Å². The molecule has 2 aromatic rings. The molecule has 0 saturated carbocycles. The Morgan fingerprint density at radius 3 is 2.16 bits per heavy atom. The Hall–Kier alpha value is -3.54. The Morgan fingerprint density at radius 1 is 0.935 bits per heavy atom. The molecular weight excluding hydrogens is 392 g/mol. The lowest BCUT2D eigenvalue weighted by Gasteiger charge is -2.20. The zero-order valence-electron chi connectivity index (χ0n) is 18.4. The summed E-state index contributed by atoms with van der Waals surface area (Å²) >= 11 is 0. The number of ether oxygens (including phenoxy) is 1. The highest BCUT2D eigenvalue weighted by Crippen LogP contribution is 2.32. The second kappa shape index (κ2) is 8.68. The van der Waals surface area contributed by atoms with Gasteiger partial charge < -0.3 is 4.74 Å². The maximum absolute atomic E-state index is 12.3. The van der Waals surface area contributed by atoms with E-state index in [4.69, 9.17) is 4.74 Å². The number of rotatable bonds is 3. The highest BCUT2D eigenvalue weighted by Gasteiger charge is 2.21. The monoisotopic (exact) mass is 418 g/mol. The topological polar surface area (TPSA) is 84.8 Å². The molecule has 0 aliphatic carbocycles. The number of amidine groups is 1. The van der Waals surface area contributed by atoms with E-state index in [1.54, 1.807) is 39.0 Å². The number of aliphatic imine (C=N–C) groups is 1. The molecule has 0 fully saturated rings. The van der Waals surface area contributed by atoms with Crippen molar-refractivity contribution < 1.29 is 19.1 Å². The molecular formula is C25H26N2O4. The molecule has 0 aromatic heterocycles. The van der Waals surface area contributed by atoms with Crippen LogP contribution < -0.4 is 5.32 Å². The molecule has 0 bridgehead atoms. The van der Waals surface area contributed by atoms with E-state index >= 15 is 0 Å². The van der Waals surface area contributed by atoms with E-state index in [1.807, 2.05) is 30.3 Å². The van der Waals surface area contributed by atoms with E-state index in [0.29, 0.717) is 22.7 Å². The van der Waals surface area contributed by atoms with Gasteiger partial charge in [-0.25, -0.2) is 9.79 Å². The van der Waals surface area contributed by atoms with Gasteiger partial charge in [0, 0.05) is 23.1 Å². The summed E-state index contributed by atoms with van der Waals surface area (Å²) in [5.41, 5.74) is 3.82. The number of fused-ring (bicyclic) bond motifs is 1. The Balaban J connectivity index is 1.99. The van der Waals surface area contributed by atoms with Crippen molar-refractivity contribution >= 4 is 35.3 Å². The third-order valence-corrected chi connectivity index (χ3v) is 4.70. The molecule has 6 nitrogen and oxygen atoms in total. The summed E-state index contributed by atoms with van der Waals surface area (Å²) in [5, 5.41) is 2.68. The number of ketones is 2. The SMILES string of the molecule is CC(=O)C1=Cc2ccc(-c3ccc(C(C)=O)cc3)cc2N=C(NC(=O)OC(C)(C)C)C1. The van der Waals surface area contributed by atoms with Gasteiger partial charge >= 0.3 is 6.09 Å². The van der Waals surface area contributed by atoms with Crippen molar-refractivity contribution in [2.24, 2.45) is 4.99 Å². The zero-order chi connectivity index (χ0) is 22.8. The third-order valence-electron chi connectivity index (χ3n) is 4.70. The molecule has 31 heavy (non-hydrogen) atoms. The molecule has 6 heteroatoms. The van der Waals surface area contributed by atoms with Crippen LogP contribution in [0.2, 0.25) is 0 Å². The van der Waals surface area contributed by atoms with Crippen molar-refractivity contribution in [2.45, 2.75) is 46.6 Å². The number of Topliss-reactive ketones (excluding diaryl/α,β-unsaturated/α-hetero) is 2. The molecule has 2 aromatic carbocycles. The van der Waals surface area contributed by atoms with Gasteiger partial charge in [0.15, 0.2) is 11.6 Å². The number of benzene rings is 2. The molecule has 0 unspecified atom stereocenters. The molecule has 0 saturated heterocycles. The molecule has 1 amide bonds. The molecule has 1 aliphatic heterocycles. The smallest absolute Gasteiger partial charge is 0.413 e. The zero-order valence-corrected chi connectivity index (χ0v) is 18.4. The minimum Gasteiger partial charge on any atom is -0.444 e. The van der Waals surface area contributed by atoms with Gasteiger partial charge in [-0.15, -0.1) is 0 Å². The van der Waals surface area contributed by atoms with Crippen LogP contribution in [-0.2, 0) is 9.53 Å². The van der Waals surface area contributed by atoms with Crippen LogP contribution in [0.3, 0.4) is 0 Å². The highest BCUT2D eigenvalue weighted by atomic mass is 16.6. The van der Waals surface area contributed by atoms with Gasteiger partial charge in [-0.2, -0.15) is 0 Å². The molecule has 0 spiro atoms. The van der Waals surface area contributed by atoms with Crippen molar-refractivity contribution in [3.05, 3.63) is 59.2 Å². The molecule has 3 rings (SSSR count). The van der Waals surface area contributed by atoms with Crippen LogP contribution >= 0.6 is 0 Å². The summed E-state index contributed by atoms with van der Waals surface area (Å²) in [7, 11) is 0.